The van der Waals surface area contributed by atoms with Crippen LogP contribution in [0.2, 0.25) is 0 Å². The molecule has 2 aromatic rings. The Balaban J connectivity index is 1.60. The van der Waals surface area contributed by atoms with E-state index in [4.69, 9.17) is 13.7 Å². The predicted octanol–water partition coefficient (Wildman–Crippen LogP) is 6.61. The minimum absolute atomic E-state index is 0.0832. The van der Waals surface area contributed by atoms with Crippen molar-refractivity contribution in [2.75, 3.05) is 6.61 Å². The fraction of sp³-hybridized carbons (Fsp3) is 0.452. The van der Waals surface area contributed by atoms with Crippen LogP contribution < -0.4 is 0 Å². The van der Waals surface area contributed by atoms with E-state index in [0.29, 0.717) is 24.8 Å². The molecule has 9 nitrogen and oxygen atoms in total. The highest BCUT2D eigenvalue weighted by molar-refractivity contribution is 7.87. The fourth-order valence-electron chi connectivity index (χ4n) is 4.65. The lowest BCUT2D eigenvalue weighted by atomic mass is 9.96. The molecule has 248 valence electrons. The van der Waals surface area contributed by atoms with Crippen LogP contribution in [0.5, 0.6) is 0 Å². The standard InChI is InChI=1S/C31H37F3O9S2/c1-21-12-15-28(16-13-21)44(36,37)43-27(19-22(2)24(4)42-45(38,39)31(32,33)34)14-17-29-23(3)20-26(41-29)11-8-18-40-30(35)25-9-6-5-7-10-25/h5-7,9-10,12-13,15-16,22,26-27,29H,3-4,8,11,14,17-20H2,1-2H3/t22-,26+,27-,29+/m1/s1. The van der Waals surface area contributed by atoms with E-state index in [9.17, 15) is 34.8 Å². The molecule has 1 heterocycles. The van der Waals surface area contributed by atoms with Crippen molar-refractivity contribution >= 4 is 26.2 Å². The first kappa shape index (κ1) is 36.3. The Morgan fingerprint density at radius 1 is 1.04 bits per heavy atom. The third-order valence-corrected chi connectivity index (χ3v) is 9.58. The van der Waals surface area contributed by atoms with Gasteiger partial charge in [-0.1, -0.05) is 56.0 Å². The fourth-order valence-corrected chi connectivity index (χ4v) is 6.31. The third-order valence-electron chi connectivity index (χ3n) is 7.20. The normalized spacial score (nSPS) is 18.7. The number of ether oxygens (including phenoxy) is 2. The molecule has 0 spiro atoms. The minimum Gasteiger partial charge on any atom is -0.462 e. The molecular weight excluding hydrogens is 637 g/mol. The predicted molar refractivity (Wildman–Crippen MR) is 160 cm³/mol. The number of benzene rings is 2. The molecule has 0 amide bonds. The van der Waals surface area contributed by atoms with Crippen molar-refractivity contribution in [1.29, 1.82) is 0 Å². The maximum Gasteiger partial charge on any atom is 0.534 e. The molecule has 14 heteroatoms. The Morgan fingerprint density at radius 3 is 2.31 bits per heavy atom. The first-order valence-corrected chi connectivity index (χ1v) is 17.0. The van der Waals surface area contributed by atoms with E-state index in [2.05, 4.69) is 17.3 Å². The first-order chi connectivity index (χ1) is 21.0. The average molecular weight is 675 g/mol. The van der Waals surface area contributed by atoms with Crippen LogP contribution in [-0.2, 0) is 38.1 Å². The topological polar surface area (TPSA) is 122 Å². The quantitative estimate of drug-likeness (QED) is 0.0484. The highest BCUT2D eigenvalue weighted by Gasteiger charge is 2.49. The summed E-state index contributed by atoms with van der Waals surface area (Å²) in [6, 6.07) is 14.5. The van der Waals surface area contributed by atoms with Gasteiger partial charge in [0.15, 0.2) is 0 Å². The second kappa shape index (κ2) is 15.4. The molecule has 1 aliphatic rings. The second-order valence-corrected chi connectivity index (χ2v) is 14.0. The lowest BCUT2D eigenvalue weighted by molar-refractivity contribution is -0.0527. The summed E-state index contributed by atoms with van der Waals surface area (Å²) >= 11 is 0. The van der Waals surface area contributed by atoms with Gasteiger partial charge in [0, 0.05) is 5.92 Å². The zero-order valence-corrected chi connectivity index (χ0v) is 26.6. The molecule has 1 fully saturated rings. The van der Waals surface area contributed by atoms with Crippen molar-refractivity contribution in [1.82, 2.24) is 0 Å². The van der Waals surface area contributed by atoms with Crippen LogP contribution in [0.1, 0.15) is 61.4 Å². The van der Waals surface area contributed by atoms with Gasteiger partial charge < -0.3 is 13.7 Å². The molecule has 1 saturated heterocycles. The number of hydrogen-bond acceptors (Lipinski definition) is 9. The molecule has 0 aromatic heterocycles. The zero-order valence-electron chi connectivity index (χ0n) is 25.0. The molecular formula is C31H37F3O9S2. The van der Waals surface area contributed by atoms with Crippen LogP contribution in [0.3, 0.4) is 0 Å². The van der Waals surface area contributed by atoms with Crippen LogP contribution >= 0.6 is 0 Å². The summed E-state index contributed by atoms with van der Waals surface area (Å²) in [5.41, 5.74) is -3.60. The molecule has 0 radical (unpaired) electrons. The van der Waals surface area contributed by atoms with E-state index >= 15 is 0 Å². The number of allylic oxidation sites excluding steroid dienone is 1. The summed E-state index contributed by atoms with van der Waals surface area (Å²) in [5.74, 6) is -2.15. The average Bonchev–Trinajstić information content (AvgIpc) is 3.32. The lowest BCUT2D eigenvalue weighted by Gasteiger charge is -2.24. The van der Waals surface area contributed by atoms with Gasteiger partial charge in [-0.05, 0) is 75.3 Å². The highest BCUT2D eigenvalue weighted by atomic mass is 32.2. The molecule has 3 rings (SSSR count). The summed E-state index contributed by atoms with van der Waals surface area (Å²) in [4.78, 5) is 12.0. The van der Waals surface area contributed by atoms with Crippen LogP contribution in [0.25, 0.3) is 0 Å². The Hall–Kier alpha value is -3.20. The van der Waals surface area contributed by atoms with Crippen molar-refractivity contribution in [2.45, 2.75) is 81.1 Å². The number of carbonyl (C=O) groups is 1. The van der Waals surface area contributed by atoms with Crippen LogP contribution in [0, 0.1) is 12.8 Å². The molecule has 0 aliphatic carbocycles. The summed E-state index contributed by atoms with van der Waals surface area (Å²) < 4.78 is 109. The Morgan fingerprint density at radius 2 is 1.69 bits per heavy atom. The van der Waals surface area contributed by atoms with Crippen LogP contribution in [0.15, 0.2) is 84.0 Å². The van der Waals surface area contributed by atoms with Gasteiger partial charge in [-0.25, -0.2) is 4.79 Å². The van der Waals surface area contributed by atoms with Crippen molar-refractivity contribution in [3.05, 3.63) is 90.2 Å². The molecule has 0 saturated carbocycles. The smallest absolute Gasteiger partial charge is 0.462 e. The number of aryl methyl sites for hydroxylation is 1. The van der Waals surface area contributed by atoms with Gasteiger partial charge in [-0.2, -0.15) is 30.0 Å². The largest absolute Gasteiger partial charge is 0.534 e. The lowest BCUT2D eigenvalue weighted by Crippen LogP contribution is -2.28. The number of hydrogen-bond donors (Lipinski definition) is 0. The van der Waals surface area contributed by atoms with Crippen LogP contribution in [0.4, 0.5) is 13.2 Å². The van der Waals surface area contributed by atoms with Crippen molar-refractivity contribution in [2.24, 2.45) is 5.92 Å². The van der Waals surface area contributed by atoms with E-state index in [1.54, 1.807) is 49.4 Å². The molecule has 1 aliphatic heterocycles. The number of rotatable bonds is 16. The SMILES string of the molecule is C=C(OS(=O)(=O)C(F)(F)F)[C@H](C)C[C@@H](CC[C@@H]1O[C@@H](CCCOC(=O)c2ccccc2)CC1=C)OS(=O)(=O)c1ccc(C)cc1. The second-order valence-electron chi connectivity index (χ2n) is 10.9. The van der Waals surface area contributed by atoms with E-state index in [-0.39, 0.29) is 36.9 Å². The Bertz CT molecular complexity index is 1540. The van der Waals surface area contributed by atoms with Gasteiger partial charge in [0.05, 0.1) is 35.4 Å². The van der Waals surface area contributed by atoms with Gasteiger partial charge in [0.25, 0.3) is 10.1 Å². The number of esters is 1. The molecule has 0 bridgehead atoms. The van der Waals surface area contributed by atoms with E-state index in [1.165, 1.54) is 19.1 Å². The number of halogens is 3. The van der Waals surface area contributed by atoms with Gasteiger partial charge >= 0.3 is 21.6 Å². The Kier molecular flexibility index (Phi) is 12.4. The van der Waals surface area contributed by atoms with Crippen molar-refractivity contribution < 1.29 is 52.6 Å². The monoisotopic (exact) mass is 674 g/mol. The molecule has 45 heavy (non-hydrogen) atoms. The highest BCUT2D eigenvalue weighted by Crippen LogP contribution is 2.34. The van der Waals surface area contributed by atoms with Crippen molar-refractivity contribution in [3.63, 3.8) is 0 Å². The summed E-state index contributed by atoms with van der Waals surface area (Å²) in [5, 5.41) is 0. The van der Waals surface area contributed by atoms with E-state index < -0.39 is 55.6 Å². The summed E-state index contributed by atoms with van der Waals surface area (Å²) in [6.07, 6.45) is 0.0725. The molecule has 4 atom stereocenters. The van der Waals surface area contributed by atoms with Crippen LogP contribution in [-0.4, -0.2) is 53.2 Å². The Labute approximate surface area is 262 Å². The molecule has 0 N–H and O–H groups in total. The van der Waals surface area contributed by atoms with E-state index in [1.807, 2.05) is 0 Å². The summed E-state index contributed by atoms with van der Waals surface area (Å²) in [7, 11) is -10.2. The summed E-state index contributed by atoms with van der Waals surface area (Å²) in [6.45, 7) is 10.7. The van der Waals surface area contributed by atoms with E-state index in [0.717, 1.165) is 11.1 Å². The number of alkyl halides is 3. The number of carbonyl (C=O) groups excluding carboxylic acids is 1. The molecule has 0 unspecified atom stereocenters. The van der Waals surface area contributed by atoms with Gasteiger partial charge in [0.1, 0.15) is 5.76 Å². The minimum atomic E-state index is -5.95. The third kappa shape index (κ3) is 10.7. The van der Waals surface area contributed by atoms with Gasteiger partial charge in [-0.3, -0.25) is 4.18 Å². The molecule has 2 aromatic carbocycles. The first-order valence-electron chi connectivity index (χ1n) is 14.2. The van der Waals surface area contributed by atoms with Crippen molar-refractivity contribution in [3.8, 4) is 0 Å². The maximum absolute atomic E-state index is 13.1. The maximum atomic E-state index is 13.1. The van der Waals surface area contributed by atoms with Gasteiger partial charge in [0.2, 0.25) is 0 Å². The zero-order chi connectivity index (χ0) is 33.4. The van der Waals surface area contributed by atoms with Gasteiger partial charge in [-0.15, -0.1) is 0 Å².